The van der Waals surface area contributed by atoms with Crippen molar-refractivity contribution in [3.05, 3.63) is 18.5 Å². The number of pyridine rings is 1. The van der Waals surface area contributed by atoms with Crippen LogP contribution in [-0.4, -0.2) is 17.6 Å². The molecule has 2 rings (SSSR count). The van der Waals surface area contributed by atoms with Crippen molar-refractivity contribution in [2.75, 3.05) is 17.2 Å². The first kappa shape index (κ1) is 9.78. The van der Waals surface area contributed by atoms with Crippen LogP contribution in [-0.2, 0) is 0 Å². The number of hydrogen-bond acceptors (Lipinski definition) is 4. The Morgan fingerprint density at radius 1 is 1.60 bits per heavy atom. The number of rotatable bonds is 4. The fourth-order valence-corrected chi connectivity index (χ4v) is 1.72. The van der Waals surface area contributed by atoms with Gasteiger partial charge in [-0.15, -0.1) is 0 Å². The smallest absolute Gasteiger partial charge is 0.0738 e. The molecule has 0 amide bonds. The Balaban J connectivity index is 2.17. The number of aromatic nitrogens is 1. The molecule has 1 aliphatic rings. The molecule has 0 unspecified atom stereocenters. The molecule has 1 aromatic rings. The first-order valence-corrected chi connectivity index (χ1v) is 5.16. The maximum Gasteiger partial charge on any atom is 0.0738 e. The molecule has 78 valence electrons. The zero-order valence-electron chi connectivity index (χ0n) is 8.56. The van der Waals surface area contributed by atoms with Gasteiger partial charge in [-0.05, 0) is 18.9 Å². The molecule has 0 aliphatic heterocycles. The molecule has 1 aliphatic carbocycles. The van der Waals surface area contributed by atoms with E-state index in [2.05, 4.69) is 16.0 Å². The van der Waals surface area contributed by atoms with E-state index in [0.717, 1.165) is 12.2 Å². The van der Waals surface area contributed by atoms with E-state index in [1.165, 1.54) is 12.8 Å². The third-order valence-electron chi connectivity index (χ3n) is 2.59. The Morgan fingerprint density at radius 2 is 2.40 bits per heavy atom. The summed E-state index contributed by atoms with van der Waals surface area (Å²) < 4.78 is 0. The van der Waals surface area contributed by atoms with E-state index in [9.17, 15) is 0 Å². The second-order valence-corrected chi connectivity index (χ2v) is 3.77. The first-order chi connectivity index (χ1) is 7.33. The van der Waals surface area contributed by atoms with Gasteiger partial charge in [-0.2, -0.15) is 5.26 Å². The van der Waals surface area contributed by atoms with Crippen LogP contribution >= 0.6 is 0 Å². The molecular formula is C11H14N4. The topological polar surface area (TPSA) is 65.9 Å². The second-order valence-electron chi connectivity index (χ2n) is 3.77. The van der Waals surface area contributed by atoms with Crippen molar-refractivity contribution in [2.24, 2.45) is 0 Å². The summed E-state index contributed by atoms with van der Waals surface area (Å²) in [6, 6.07) is 4.67. The molecule has 2 N–H and O–H groups in total. The standard InChI is InChI=1S/C11H14N4/c12-5-1-7-15(9-2-3-9)11-4-6-14-8-10(11)13/h4,6,8-9H,1-3,7,13H2. The lowest BCUT2D eigenvalue weighted by Crippen LogP contribution is -2.27. The summed E-state index contributed by atoms with van der Waals surface area (Å²) >= 11 is 0. The molecule has 0 saturated heterocycles. The van der Waals surface area contributed by atoms with Crippen LogP contribution in [0.5, 0.6) is 0 Å². The second kappa shape index (κ2) is 4.18. The highest BCUT2D eigenvalue weighted by Gasteiger charge is 2.29. The van der Waals surface area contributed by atoms with Gasteiger partial charge in [0.05, 0.1) is 30.1 Å². The van der Waals surface area contributed by atoms with Gasteiger partial charge in [-0.1, -0.05) is 0 Å². The van der Waals surface area contributed by atoms with E-state index < -0.39 is 0 Å². The van der Waals surface area contributed by atoms with Crippen LogP contribution in [0.15, 0.2) is 18.5 Å². The van der Waals surface area contributed by atoms with Gasteiger partial charge < -0.3 is 10.6 Å². The number of anilines is 2. The average Bonchev–Trinajstić information content (AvgIpc) is 3.05. The molecular weight excluding hydrogens is 188 g/mol. The van der Waals surface area contributed by atoms with Gasteiger partial charge in [0.1, 0.15) is 0 Å². The summed E-state index contributed by atoms with van der Waals surface area (Å²) in [6.07, 6.45) is 6.35. The number of hydrogen-bond donors (Lipinski definition) is 1. The van der Waals surface area contributed by atoms with Crippen LogP contribution in [0.1, 0.15) is 19.3 Å². The Morgan fingerprint density at radius 3 is 3.00 bits per heavy atom. The molecule has 15 heavy (non-hydrogen) atoms. The van der Waals surface area contributed by atoms with E-state index in [0.29, 0.717) is 18.2 Å². The Kier molecular flexibility index (Phi) is 2.72. The maximum absolute atomic E-state index is 8.61. The van der Waals surface area contributed by atoms with Crippen LogP contribution in [0.2, 0.25) is 0 Å². The summed E-state index contributed by atoms with van der Waals surface area (Å²) in [6.45, 7) is 0.759. The third kappa shape index (κ3) is 2.18. The molecule has 4 heteroatoms. The fourth-order valence-electron chi connectivity index (χ4n) is 1.72. The highest BCUT2D eigenvalue weighted by atomic mass is 15.2. The van der Waals surface area contributed by atoms with Crippen LogP contribution in [0.4, 0.5) is 11.4 Å². The largest absolute Gasteiger partial charge is 0.396 e. The van der Waals surface area contributed by atoms with Gasteiger partial charge in [-0.25, -0.2) is 0 Å². The van der Waals surface area contributed by atoms with E-state index in [4.69, 9.17) is 11.0 Å². The van der Waals surface area contributed by atoms with Crippen molar-refractivity contribution >= 4 is 11.4 Å². The molecule has 1 fully saturated rings. The monoisotopic (exact) mass is 202 g/mol. The van der Waals surface area contributed by atoms with E-state index >= 15 is 0 Å². The number of nitrogens with zero attached hydrogens (tertiary/aromatic N) is 3. The van der Waals surface area contributed by atoms with Crippen molar-refractivity contribution in [1.82, 2.24) is 4.98 Å². The lowest BCUT2D eigenvalue weighted by Gasteiger charge is -2.24. The van der Waals surface area contributed by atoms with Crippen molar-refractivity contribution in [1.29, 1.82) is 5.26 Å². The fraction of sp³-hybridized carbons (Fsp3) is 0.455. The van der Waals surface area contributed by atoms with Crippen molar-refractivity contribution in [3.8, 4) is 6.07 Å². The van der Waals surface area contributed by atoms with Crippen LogP contribution in [0, 0.1) is 11.3 Å². The molecule has 1 saturated carbocycles. The molecule has 0 aromatic carbocycles. The quantitative estimate of drug-likeness (QED) is 0.804. The summed E-state index contributed by atoms with van der Waals surface area (Å²) in [7, 11) is 0. The van der Waals surface area contributed by atoms with Gasteiger partial charge in [0.25, 0.3) is 0 Å². The minimum absolute atomic E-state index is 0.540. The zero-order valence-corrected chi connectivity index (χ0v) is 8.56. The predicted octanol–water partition coefficient (Wildman–Crippen LogP) is 1.55. The van der Waals surface area contributed by atoms with Gasteiger partial charge in [-0.3, -0.25) is 4.98 Å². The van der Waals surface area contributed by atoms with Crippen LogP contribution in [0.3, 0.4) is 0 Å². The van der Waals surface area contributed by atoms with E-state index in [1.807, 2.05) is 6.07 Å². The minimum Gasteiger partial charge on any atom is -0.396 e. The highest BCUT2D eigenvalue weighted by Crippen LogP contribution is 2.34. The van der Waals surface area contributed by atoms with Gasteiger partial charge in [0.2, 0.25) is 0 Å². The molecule has 0 spiro atoms. The summed E-state index contributed by atoms with van der Waals surface area (Å²) in [5, 5.41) is 8.61. The normalized spacial score (nSPS) is 14.6. The summed E-state index contributed by atoms with van der Waals surface area (Å²) in [5.74, 6) is 0. The molecule has 0 radical (unpaired) electrons. The minimum atomic E-state index is 0.540. The highest BCUT2D eigenvalue weighted by molar-refractivity contribution is 5.67. The van der Waals surface area contributed by atoms with E-state index in [1.54, 1.807) is 12.4 Å². The Bertz CT molecular complexity index is 378. The molecule has 1 aromatic heterocycles. The molecule has 0 bridgehead atoms. The first-order valence-electron chi connectivity index (χ1n) is 5.16. The third-order valence-corrected chi connectivity index (χ3v) is 2.59. The maximum atomic E-state index is 8.61. The number of nitrogen functional groups attached to an aromatic ring is 1. The summed E-state index contributed by atoms with van der Waals surface area (Å²) in [4.78, 5) is 6.19. The van der Waals surface area contributed by atoms with Gasteiger partial charge in [0, 0.05) is 18.8 Å². The SMILES string of the molecule is N#CCCN(c1ccncc1N)C1CC1. The van der Waals surface area contributed by atoms with Gasteiger partial charge in [0.15, 0.2) is 0 Å². The summed E-state index contributed by atoms with van der Waals surface area (Å²) in [5.41, 5.74) is 7.58. The molecule has 1 heterocycles. The Labute approximate surface area is 89.3 Å². The molecule has 4 nitrogen and oxygen atoms in total. The van der Waals surface area contributed by atoms with Crippen molar-refractivity contribution in [3.63, 3.8) is 0 Å². The van der Waals surface area contributed by atoms with E-state index in [-0.39, 0.29) is 0 Å². The van der Waals surface area contributed by atoms with Crippen molar-refractivity contribution in [2.45, 2.75) is 25.3 Å². The van der Waals surface area contributed by atoms with Crippen LogP contribution in [0.25, 0.3) is 0 Å². The van der Waals surface area contributed by atoms with Gasteiger partial charge >= 0.3 is 0 Å². The average molecular weight is 202 g/mol. The Hall–Kier alpha value is -1.76. The lowest BCUT2D eigenvalue weighted by atomic mass is 10.3. The van der Waals surface area contributed by atoms with Crippen LogP contribution < -0.4 is 10.6 Å². The molecule has 0 atom stereocenters. The predicted molar refractivity (Wildman–Crippen MR) is 59.2 cm³/mol. The lowest BCUT2D eigenvalue weighted by molar-refractivity contribution is 0.793. The number of nitriles is 1. The number of nitrogens with two attached hydrogens (primary N) is 1. The van der Waals surface area contributed by atoms with Crippen molar-refractivity contribution < 1.29 is 0 Å². The zero-order chi connectivity index (χ0) is 10.7.